The van der Waals surface area contributed by atoms with Gasteiger partial charge in [0, 0.05) is 18.8 Å². The number of aliphatic hydroxyl groups is 1. The van der Waals surface area contributed by atoms with Crippen molar-refractivity contribution in [3.05, 3.63) is 23.8 Å². The summed E-state index contributed by atoms with van der Waals surface area (Å²) in [7, 11) is 0. The molecule has 7 nitrogen and oxygen atoms in total. The summed E-state index contributed by atoms with van der Waals surface area (Å²) in [6.45, 7) is 23.8. The summed E-state index contributed by atoms with van der Waals surface area (Å²) in [6.07, 6.45) is 8.14. The van der Waals surface area contributed by atoms with Gasteiger partial charge in [-0.25, -0.2) is 0 Å². The number of hydrogen-bond donors (Lipinski definition) is 1. The average Bonchev–Trinajstić information content (AvgIpc) is 2.79. The maximum Gasteiger partial charge on any atom is 0.308 e. The first kappa shape index (κ1) is 36.5. The second-order valence-corrected chi connectivity index (χ2v) is 15.5. The Balaban J connectivity index is 2.29. The summed E-state index contributed by atoms with van der Waals surface area (Å²) in [4.78, 5) is 25.7. The number of aliphatic hydroxyl groups excluding tert-OH is 1. The summed E-state index contributed by atoms with van der Waals surface area (Å²) in [6, 6.07) is 0. The van der Waals surface area contributed by atoms with Crippen LogP contribution in [0.1, 0.15) is 122 Å². The molecule has 0 radical (unpaired) electrons. The summed E-state index contributed by atoms with van der Waals surface area (Å²) < 4.78 is 24.7. The minimum Gasteiger partial charge on any atom is -0.461 e. The smallest absolute Gasteiger partial charge is 0.308 e. The largest absolute Gasteiger partial charge is 0.461 e. The Hall–Kier alpha value is -1.70. The fraction of sp³-hybridized carbons (Fsp3) is 0.829. The number of fused-ring (bicyclic) bond motifs is 1. The van der Waals surface area contributed by atoms with Crippen LogP contribution in [0.5, 0.6) is 0 Å². The second-order valence-electron chi connectivity index (χ2n) is 15.5. The van der Waals surface area contributed by atoms with Crippen LogP contribution in [0.4, 0.5) is 0 Å². The Labute approximate surface area is 255 Å². The summed E-state index contributed by atoms with van der Waals surface area (Å²) in [5, 5.41) is 10.6. The van der Waals surface area contributed by atoms with Crippen molar-refractivity contribution < 1.29 is 33.6 Å². The number of esters is 2. The first-order valence-corrected chi connectivity index (χ1v) is 16.0. The van der Waals surface area contributed by atoms with E-state index in [0.29, 0.717) is 19.3 Å². The van der Waals surface area contributed by atoms with Gasteiger partial charge in [0.15, 0.2) is 0 Å². The normalized spacial score (nSPS) is 27.0. The Morgan fingerprint density at radius 3 is 2.12 bits per heavy atom. The van der Waals surface area contributed by atoms with Crippen molar-refractivity contribution in [2.24, 2.45) is 23.7 Å². The SMILES string of the molecule is CC[C@H](C)C(=O)O[C@H]1C[C@H](O)C=C2C=C[C@H](C)[C@H](CC[C@H](C[C@H](CC(=O)OC(C)(C)C)OC(C)(C)C)OC(C)(C)C)[C@H]21. The van der Waals surface area contributed by atoms with Crippen LogP contribution >= 0.6 is 0 Å². The highest BCUT2D eigenvalue weighted by Gasteiger charge is 2.42. The van der Waals surface area contributed by atoms with Crippen LogP contribution in [0.15, 0.2) is 23.8 Å². The van der Waals surface area contributed by atoms with E-state index in [4.69, 9.17) is 18.9 Å². The van der Waals surface area contributed by atoms with Gasteiger partial charge in [-0.1, -0.05) is 39.0 Å². The molecule has 1 N–H and O–H groups in total. The van der Waals surface area contributed by atoms with Crippen LogP contribution in [0.2, 0.25) is 0 Å². The molecule has 242 valence electrons. The zero-order valence-electron chi connectivity index (χ0n) is 28.5. The Morgan fingerprint density at radius 1 is 0.976 bits per heavy atom. The third-order valence-corrected chi connectivity index (χ3v) is 7.86. The molecule has 2 aliphatic rings. The van der Waals surface area contributed by atoms with Crippen molar-refractivity contribution in [1.29, 1.82) is 0 Å². The molecular formula is C35H60O7. The molecule has 0 aromatic rings. The van der Waals surface area contributed by atoms with E-state index in [0.717, 1.165) is 18.4 Å². The molecule has 0 aromatic carbocycles. The van der Waals surface area contributed by atoms with E-state index >= 15 is 0 Å². The standard InChI is InChI=1S/C35H60O7/c1-13-22(2)32(38)39-29-19-25(36)18-24-15-14-23(3)28(31(24)29)17-16-26(40-33(4,5)6)20-27(41-34(7,8)9)21-30(37)42-35(10,11)12/h14-15,18,22-23,25-29,31,36H,13,16-17,19-21H2,1-12H3/t22-,23-,25+,26+,27+,28-,29-,31-/m0/s1. The van der Waals surface area contributed by atoms with Crippen molar-refractivity contribution in [2.45, 2.75) is 163 Å². The molecule has 8 atom stereocenters. The minimum absolute atomic E-state index is 0.0140. The second kappa shape index (κ2) is 14.9. The Morgan fingerprint density at radius 2 is 1.57 bits per heavy atom. The molecule has 0 fully saturated rings. The highest BCUT2D eigenvalue weighted by molar-refractivity contribution is 5.72. The summed E-state index contributed by atoms with van der Waals surface area (Å²) in [5.41, 5.74) is -0.332. The zero-order valence-corrected chi connectivity index (χ0v) is 28.5. The van der Waals surface area contributed by atoms with Gasteiger partial charge in [-0.3, -0.25) is 9.59 Å². The number of allylic oxidation sites excluding steroid dienone is 2. The lowest BCUT2D eigenvalue weighted by Crippen LogP contribution is -2.43. The van der Waals surface area contributed by atoms with Crippen LogP contribution in [0.25, 0.3) is 0 Å². The molecule has 0 saturated heterocycles. The van der Waals surface area contributed by atoms with Crippen molar-refractivity contribution in [3.8, 4) is 0 Å². The molecule has 0 aliphatic heterocycles. The van der Waals surface area contributed by atoms with Crippen molar-refractivity contribution in [3.63, 3.8) is 0 Å². The Kier molecular flexibility index (Phi) is 12.9. The van der Waals surface area contributed by atoms with Gasteiger partial charge in [-0.15, -0.1) is 0 Å². The molecule has 0 saturated carbocycles. The molecule has 2 rings (SSSR count). The van der Waals surface area contributed by atoms with E-state index < -0.39 is 17.3 Å². The lowest BCUT2D eigenvalue weighted by Gasteiger charge is -2.43. The lowest BCUT2D eigenvalue weighted by molar-refractivity contribution is -0.164. The number of rotatable bonds is 12. The van der Waals surface area contributed by atoms with Crippen LogP contribution in [-0.4, -0.2) is 58.3 Å². The molecule has 2 aliphatic carbocycles. The fourth-order valence-corrected chi connectivity index (χ4v) is 6.06. The van der Waals surface area contributed by atoms with Gasteiger partial charge in [0.1, 0.15) is 11.7 Å². The van der Waals surface area contributed by atoms with Gasteiger partial charge in [0.25, 0.3) is 0 Å². The average molecular weight is 593 g/mol. The third kappa shape index (κ3) is 12.5. The van der Waals surface area contributed by atoms with Gasteiger partial charge in [0.05, 0.1) is 41.9 Å². The van der Waals surface area contributed by atoms with Crippen molar-refractivity contribution in [1.82, 2.24) is 0 Å². The maximum absolute atomic E-state index is 12.8. The molecule has 0 amide bonds. The quantitative estimate of drug-likeness (QED) is 0.237. The van der Waals surface area contributed by atoms with Gasteiger partial charge < -0.3 is 24.1 Å². The molecule has 7 heteroatoms. The van der Waals surface area contributed by atoms with Gasteiger partial charge in [-0.05, 0) is 99.0 Å². The molecule has 0 unspecified atom stereocenters. The molecular weight excluding hydrogens is 532 g/mol. The van der Waals surface area contributed by atoms with Crippen LogP contribution in [-0.2, 0) is 28.5 Å². The van der Waals surface area contributed by atoms with E-state index in [1.54, 1.807) is 0 Å². The Bertz CT molecular complexity index is 946. The van der Waals surface area contributed by atoms with E-state index in [9.17, 15) is 14.7 Å². The van der Waals surface area contributed by atoms with E-state index in [1.165, 1.54) is 0 Å². The summed E-state index contributed by atoms with van der Waals surface area (Å²) in [5.74, 6) is -0.164. The molecule has 42 heavy (non-hydrogen) atoms. The van der Waals surface area contributed by atoms with Crippen LogP contribution in [0, 0.1) is 23.7 Å². The number of carbonyl (C=O) groups is 2. The number of ether oxygens (including phenoxy) is 4. The van der Waals surface area contributed by atoms with Crippen molar-refractivity contribution in [2.75, 3.05) is 0 Å². The number of carbonyl (C=O) groups excluding carboxylic acids is 2. The van der Waals surface area contributed by atoms with Gasteiger partial charge in [0.2, 0.25) is 0 Å². The molecule has 0 aromatic heterocycles. The lowest BCUT2D eigenvalue weighted by atomic mass is 9.66. The zero-order chi connectivity index (χ0) is 32.0. The van der Waals surface area contributed by atoms with Crippen LogP contribution in [0.3, 0.4) is 0 Å². The maximum atomic E-state index is 12.8. The van der Waals surface area contributed by atoms with Gasteiger partial charge >= 0.3 is 11.9 Å². The summed E-state index contributed by atoms with van der Waals surface area (Å²) >= 11 is 0. The molecule has 0 spiro atoms. The molecule has 0 bridgehead atoms. The van der Waals surface area contributed by atoms with E-state index in [-0.39, 0.29) is 65.9 Å². The molecule has 0 heterocycles. The van der Waals surface area contributed by atoms with E-state index in [1.807, 2.05) is 82.2 Å². The van der Waals surface area contributed by atoms with Crippen molar-refractivity contribution >= 4 is 11.9 Å². The van der Waals surface area contributed by atoms with E-state index in [2.05, 4.69) is 19.1 Å². The highest BCUT2D eigenvalue weighted by atomic mass is 16.6. The minimum atomic E-state index is -0.634. The highest BCUT2D eigenvalue weighted by Crippen LogP contribution is 2.44. The fourth-order valence-electron chi connectivity index (χ4n) is 6.06. The number of hydrogen-bond acceptors (Lipinski definition) is 7. The predicted octanol–water partition coefficient (Wildman–Crippen LogP) is 7.34. The van der Waals surface area contributed by atoms with Gasteiger partial charge in [-0.2, -0.15) is 0 Å². The predicted molar refractivity (Wildman–Crippen MR) is 167 cm³/mol. The monoisotopic (exact) mass is 592 g/mol. The van der Waals surface area contributed by atoms with Crippen LogP contribution < -0.4 is 0 Å². The first-order valence-electron chi connectivity index (χ1n) is 16.0. The topological polar surface area (TPSA) is 91.3 Å². The third-order valence-electron chi connectivity index (χ3n) is 7.86. The first-order chi connectivity index (χ1) is 19.2.